The smallest absolute Gasteiger partial charge is 0.262 e. The predicted octanol–water partition coefficient (Wildman–Crippen LogP) is 3.89. The van der Waals surface area contributed by atoms with E-state index in [9.17, 15) is 14.0 Å². The second-order valence-electron chi connectivity index (χ2n) is 9.68. The first kappa shape index (κ1) is 24.5. The summed E-state index contributed by atoms with van der Waals surface area (Å²) in [6, 6.07) is 10.3. The van der Waals surface area contributed by atoms with E-state index in [1.54, 1.807) is 18.2 Å². The molecule has 7 nitrogen and oxygen atoms in total. The van der Waals surface area contributed by atoms with Gasteiger partial charge in [0, 0.05) is 28.4 Å². The highest BCUT2D eigenvalue weighted by Gasteiger charge is 2.38. The van der Waals surface area contributed by atoms with E-state index in [0.717, 1.165) is 12.8 Å². The minimum atomic E-state index is -0.401. The molecule has 0 aromatic heterocycles. The molecule has 1 fully saturated rings. The average Bonchev–Trinajstić information content (AvgIpc) is 2.71. The van der Waals surface area contributed by atoms with Crippen LogP contribution in [-0.2, 0) is 4.79 Å². The molecule has 0 unspecified atom stereocenters. The molecule has 3 N–H and O–H groups in total. The zero-order chi connectivity index (χ0) is 24.2. The van der Waals surface area contributed by atoms with Gasteiger partial charge >= 0.3 is 0 Å². The van der Waals surface area contributed by atoms with Crippen molar-refractivity contribution in [1.29, 1.82) is 0 Å². The number of rotatable bonds is 7. The van der Waals surface area contributed by atoms with Crippen molar-refractivity contribution in [1.82, 2.24) is 10.6 Å². The van der Waals surface area contributed by atoms with Crippen LogP contribution in [-0.4, -0.2) is 42.7 Å². The Bertz CT molecular complexity index is 989. The molecule has 178 valence electrons. The van der Waals surface area contributed by atoms with Gasteiger partial charge in [-0.25, -0.2) is 4.39 Å². The van der Waals surface area contributed by atoms with E-state index in [4.69, 9.17) is 9.47 Å². The quantitative estimate of drug-likeness (QED) is 0.587. The molecule has 33 heavy (non-hydrogen) atoms. The van der Waals surface area contributed by atoms with Crippen molar-refractivity contribution in [2.45, 2.75) is 57.7 Å². The lowest BCUT2D eigenvalue weighted by Crippen LogP contribution is -2.62. The fourth-order valence-electron chi connectivity index (χ4n) is 4.49. The Labute approximate surface area is 194 Å². The molecule has 2 aromatic carbocycles. The summed E-state index contributed by atoms with van der Waals surface area (Å²) in [6.07, 6.45) is 1.65. The van der Waals surface area contributed by atoms with E-state index in [1.165, 1.54) is 31.4 Å². The third-order valence-corrected chi connectivity index (χ3v) is 5.44. The van der Waals surface area contributed by atoms with Crippen LogP contribution in [0.4, 0.5) is 10.1 Å². The van der Waals surface area contributed by atoms with Gasteiger partial charge in [-0.3, -0.25) is 9.59 Å². The molecule has 0 aliphatic carbocycles. The molecule has 8 heteroatoms. The molecule has 0 spiro atoms. The van der Waals surface area contributed by atoms with Crippen LogP contribution < -0.4 is 25.4 Å². The van der Waals surface area contributed by atoms with E-state index in [-0.39, 0.29) is 35.5 Å². The molecule has 3 rings (SSSR count). The molecular formula is C25H32FN3O4. The number of carbonyl (C=O) groups is 2. The fraction of sp³-hybridized carbons (Fsp3) is 0.440. The van der Waals surface area contributed by atoms with Crippen LogP contribution in [0.15, 0.2) is 42.5 Å². The maximum Gasteiger partial charge on any atom is 0.262 e. The third-order valence-electron chi connectivity index (χ3n) is 5.44. The topological polar surface area (TPSA) is 88.7 Å². The summed E-state index contributed by atoms with van der Waals surface area (Å²) in [5, 5.41) is 9.36. The van der Waals surface area contributed by atoms with Gasteiger partial charge in [0.25, 0.3) is 11.8 Å². The zero-order valence-electron chi connectivity index (χ0n) is 19.8. The van der Waals surface area contributed by atoms with Gasteiger partial charge < -0.3 is 25.4 Å². The molecule has 0 saturated carbocycles. The monoisotopic (exact) mass is 457 g/mol. The van der Waals surface area contributed by atoms with Crippen LogP contribution >= 0.6 is 0 Å². The van der Waals surface area contributed by atoms with Gasteiger partial charge in [-0.2, -0.15) is 0 Å². The van der Waals surface area contributed by atoms with Crippen molar-refractivity contribution in [3.05, 3.63) is 53.8 Å². The molecule has 0 radical (unpaired) electrons. The molecule has 1 aliphatic heterocycles. The van der Waals surface area contributed by atoms with Gasteiger partial charge in [0.05, 0.1) is 7.11 Å². The van der Waals surface area contributed by atoms with Crippen LogP contribution in [0.5, 0.6) is 11.5 Å². The summed E-state index contributed by atoms with van der Waals surface area (Å²) in [5.41, 5.74) is 0.755. The normalized spacial score (nSPS) is 17.2. The van der Waals surface area contributed by atoms with E-state index in [0.29, 0.717) is 22.7 Å². The zero-order valence-corrected chi connectivity index (χ0v) is 19.8. The Balaban J connectivity index is 1.61. The van der Waals surface area contributed by atoms with E-state index in [1.807, 2.05) is 0 Å². The fourth-order valence-corrected chi connectivity index (χ4v) is 4.49. The molecule has 1 saturated heterocycles. The lowest BCUT2D eigenvalue weighted by Gasteiger charge is -2.46. The van der Waals surface area contributed by atoms with Crippen molar-refractivity contribution in [3.8, 4) is 11.5 Å². The standard InChI is InChI=1S/C25H32FN3O4/c1-24(2)13-19(14-25(3,4)29-24)28-23(31)16-6-11-20(21(12-16)32-5)33-15-22(30)27-18-9-7-17(26)8-10-18/h6-12,19,29H,13-15H2,1-5H3,(H,27,30)(H,28,31). The number of benzene rings is 2. The van der Waals surface area contributed by atoms with Crippen molar-refractivity contribution < 1.29 is 23.5 Å². The SMILES string of the molecule is COc1cc(C(=O)NC2CC(C)(C)NC(C)(C)C2)ccc1OCC(=O)Nc1ccc(F)cc1. The van der Waals surface area contributed by atoms with Crippen molar-refractivity contribution >= 4 is 17.5 Å². The Kier molecular flexibility index (Phi) is 7.27. The lowest BCUT2D eigenvalue weighted by molar-refractivity contribution is -0.118. The number of piperidine rings is 1. The van der Waals surface area contributed by atoms with Crippen LogP contribution in [0.3, 0.4) is 0 Å². The van der Waals surface area contributed by atoms with Crippen LogP contribution in [0, 0.1) is 5.82 Å². The summed E-state index contributed by atoms with van der Waals surface area (Å²) in [7, 11) is 1.47. The first-order valence-electron chi connectivity index (χ1n) is 10.9. The van der Waals surface area contributed by atoms with Gasteiger partial charge in [-0.1, -0.05) is 0 Å². The molecule has 0 atom stereocenters. The molecule has 0 bridgehead atoms. The highest BCUT2D eigenvalue weighted by Crippen LogP contribution is 2.30. The van der Waals surface area contributed by atoms with Gasteiger partial charge in [0.1, 0.15) is 5.82 Å². The van der Waals surface area contributed by atoms with Crippen LogP contribution in [0.25, 0.3) is 0 Å². The first-order valence-corrected chi connectivity index (χ1v) is 10.9. The second kappa shape index (κ2) is 9.79. The van der Waals surface area contributed by atoms with E-state index >= 15 is 0 Å². The lowest BCUT2D eigenvalue weighted by atomic mass is 9.79. The number of anilines is 1. The summed E-state index contributed by atoms with van der Waals surface area (Å²) in [4.78, 5) is 25.0. The number of halogens is 1. The second-order valence-corrected chi connectivity index (χ2v) is 9.68. The number of hydrogen-bond acceptors (Lipinski definition) is 5. The Morgan fingerprint density at radius 2 is 1.67 bits per heavy atom. The van der Waals surface area contributed by atoms with E-state index < -0.39 is 5.91 Å². The molecule has 1 aliphatic rings. The van der Waals surface area contributed by atoms with Gasteiger partial charge in [0.2, 0.25) is 0 Å². The number of nitrogens with one attached hydrogen (secondary N) is 3. The number of carbonyl (C=O) groups excluding carboxylic acids is 2. The molecule has 2 amide bonds. The van der Waals surface area contributed by atoms with E-state index in [2.05, 4.69) is 43.6 Å². The number of methoxy groups -OCH3 is 1. The summed E-state index contributed by atoms with van der Waals surface area (Å²) in [5.74, 6) is -0.282. The largest absolute Gasteiger partial charge is 0.493 e. The predicted molar refractivity (Wildman–Crippen MR) is 125 cm³/mol. The number of ether oxygens (including phenoxy) is 2. The van der Waals surface area contributed by atoms with Gasteiger partial charge in [0.15, 0.2) is 18.1 Å². The van der Waals surface area contributed by atoms with Gasteiger partial charge in [-0.05, 0) is 83.0 Å². The average molecular weight is 458 g/mol. The minimum absolute atomic E-state index is 0.0424. The molecular weight excluding hydrogens is 425 g/mol. The molecule has 2 aromatic rings. The maximum atomic E-state index is 13.0. The summed E-state index contributed by atoms with van der Waals surface area (Å²) < 4.78 is 23.9. The van der Waals surface area contributed by atoms with Crippen molar-refractivity contribution in [2.75, 3.05) is 19.0 Å². The van der Waals surface area contributed by atoms with Crippen LogP contribution in [0.1, 0.15) is 50.9 Å². The van der Waals surface area contributed by atoms with Crippen molar-refractivity contribution in [2.24, 2.45) is 0 Å². The Morgan fingerprint density at radius 1 is 1.03 bits per heavy atom. The van der Waals surface area contributed by atoms with Crippen molar-refractivity contribution in [3.63, 3.8) is 0 Å². The van der Waals surface area contributed by atoms with Gasteiger partial charge in [-0.15, -0.1) is 0 Å². The highest BCUT2D eigenvalue weighted by molar-refractivity contribution is 5.95. The first-order chi connectivity index (χ1) is 15.5. The Hall–Kier alpha value is -3.13. The minimum Gasteiger partial charge on any atom is -0.493 e. The number of hydrogen-bond donors (Lipinski definition) is 3. The maximum absolute atomic E-state index is 13.0. The third kappa shape index (κ3) is 6.92. The van der Waals surface area contributed by atoms with Crippen LogP contribution in [0.2, 0.25) is 0 Å². The number of amides is 2. The highest BCUT2D eigenvalue weighted by atomic mass is 19.1. The summed E-state index contributed by atoms with van der Waals surface area (Å²) >= 11 is 0. The summed E-state index contributed by atoms with van der Waals surface area (Å²) in [6.45, 7) is 8.27. The molecule has 1 heterocycles. The Morgan fingerprint density at radius 3 is 2.27 bits per heavy atom.